The Morgan fingerprint density at radius 2 is 1.66 bits per heavy atom. The number of nitrogens with zero attached hydrogens (tertiary/aromatic N) is 1. The minimum atomic E-state index is -0.533. The zero-order valence-electron chi connectivity index (χ0n) is 16.6. The molecule has 3 rings (SSSR count). The van der Waals surface area contributed by atoms with Gasteiger partial charge in [-0.15, -0.1) is 0 Å². The van der Waals surface area contributed by atoms with Crippen molar-refractivity contribution in [2.24, 2.45) is 0 Å². The molecule has 1 heterocycles. The maximum absolute atomic E-state index is 12.7. The molecular weight excluding hydrogens is 390 g/mol. The van der Waals surface area contributed by atoms with E-state index in [1.807, 2.05) is 30.5 Å². The molecule has 0 amide bonds. The molecule has 0 radical (unpaired) electrons. The normalized spacial score (nSPS) is 10.8. The molecule has 150 valence electrons. The molecule has 0 N–H and O–H groups in total. The van der Waals surface area contributed by atoms with Crippen LogP contribution in [0.2, 0.25) is 5.02 Å². The maximum atomic E-state index is 12.7. The van der Waals surface area contributed by atoms with Crippen molar-refractivity contribution >= 4 is 23.4 Å². The highest BCUT2D eigenvalue weighted by Crippen LogP contribution is 2.22. The molecule has 0 saturated carbocycles. The van der Waals surface area contributed by atoms with Crippen LogP contribution in [0.5, 0.6) is 0 Å². The van der Waals surface area contributed by atoms with Gasteiger partial charge < -0.3 is 14.0 Å². The zero-order chi connectivity index (χ0) is 21.0. The minimum absolute atomic E-state index is 0.248. The number of hydrogen-bond acceptors (Lipinski definition) is 4. The summed E-state index contributed by atoms with van der Waals surface area (Å²) in [6.45, 7) is 3.94. The fraction of sp³-hybridized carbons (Fsp3) is 0.217. The summed E-state index contributed by atoms with van der Waals surface area (Å²) >= 11 is 5.96. The first-order chi connectivity index (χ1) is 13.9. The number of benzene rings is 2. The van der Waals surface area contributed by atoms with Gasteiger partial charge in [-0.05, 0) is 61.9 Å². The van der Waals surface area contributed by atoms with Crippen molar-refractivity contribution in [2.75, 3.05) is 13.7 Å². The van der Waals surface area contributed by atoms with E-state index < -0.39 is 5.97 Å². The molecule has 0 bridgehead atoms. The quantitative estimate of drug-likeness (QED) is 0.408. The van der Waals surface area contributed by atoms with Gasteiger partial charge in [-0.3, -0.25) is 4.79 Å². The van der Waals surface area contributed by atoms with Crippen molar-refractivity contribution in [3.63, 3.8) is 0 Å². The van der Waals surface area contributed by atoms with E-state index in [4.69, 9.17) is 21.1 Å². The van der Waals surface area contributed by atoms with Gasteiger partial charge in [0, 0.05) is 34.8 Å². The fourth-order valence-corrected chi connectivity index (χ4v) is 3.35. The third kappa shape index (κ3) is 4.75. The molecule has 0 fully saturated rings. The van der Waals surface area contributed by atoms with Crippen LogP contribution < -0.4 is 0 Å². The lowest BCUT2D eigenvalue weighted by molar-refractivity contribution is 0.0474. The van der Waals surface area contributed by atoms with Gasteiger partial charge in [-0.25, -0.2) is 4.79 Å². The van der Waals surface area contributed by atoms with Gasteiger partial charge >= 0.3 is 5.97 Å². The van der Waals surface area contributed by atoms with Crippen LogP contribution in [0.25, 0.3) is 5.69 Å². The van der Waals surface area contributed by atoms with Gasteiger partial charge in [-0.2, -0.15) is 0 Å². The van der Waals surface area contributed by atoms with Crippen molar-refractivity contribution < 1.29 is 19.1 Å². The highest BCUT2D eigenvalue weighted by Gasteiger charge is 2.18. The summed E-state index contributed by atoms with van der Waals surface area (Å²) in [6, 6.07) is 16.1. The van der Waals surface area contributed by atoms with E-state index in [0.29, 0.717) is 22.8 Å². The zero-order valence-corrected chi connectivity index (χ0v) is 17.3. The topological polar surface area (TPSA) is 57.5 Å². The Morgan fingerprint density at radius 1 is 1.00 bits per heavy atom. The summed E-state index contributed by atoms with van der Waals surface area (Å²) in [5.74, 6) is -0.781. The number of carbonyl (C=O) groups excluding carboxylic acids is 2. The predicted molar refractivity (Wildman–Crippen MR) is 112 cm³/mol. The number of rotatable bonds is 7. The lowest BCUT2D eigenvalue weighted by Crippen LogP contribution is -2.15. The summed E-state index contributed by atoms with van der Waals surface area (Å²) in [6.07, 6.45) is 0. The smallest absolute Gasteiger partial charge is 0.338 e. The molecule has 5 nitrogen and oxygen atoms in total. The second-order valence-corrected chi connectivity index (χ2v) is 7.16. The van der Waals surface area contributed by atoms with Crippen molar-refractivity contribution in [1.82, 2.24) is 4.57 Å². The van der Waals surface area contributed by atoms with Crippen LogP contribution in [0.1, 0.15) is 37.7 Å². The van der Waals surface area contributed by atoms with Crippen molar-refractivity contribution in [3.8, 4) is 5.69 Å². The Hall–Kier alpha value is -2.89. The Morgan fingerprint density at radius 3 is 2.28 bits per heavy atom. The van der Waals surface area contributed by atoms with Crippen LogP contribution in [-0.4, -0.2) is 30.0 Å². The molecule has 0 aliphatic carbocycles. The molecule has 0 aliphatic heterocycles. The van der Waals surface area contributed by atoms with Crippen LogP contribution in [0.4, 0.5) is 0 Å². The summed E-state index contributed by atoms with van der Waals surface area (Å²) in [4.78, 5) is 24.9. The van der Waals surface area contributed by atoms with Crippen LogP contribution >= 0.6 is 11.6 Å². The van der Waals surface area contributed by atoms with Crippen molar-refractivity contribution in [1.29, 1.82) is 0 Å². The number of esters is 1. The van der Waals surface area contributed by atoms with E-state index in [9.17, 15) is 9.59 Å². The SMILES string of the molecule is COCc1ccc(C(=O)OCC(=O)c2cc(C)n(-c3ccc(Cl)cc3)c2C)cc1. The third-order valence-corrected chi connectivity index (χ3v) is 4.90. The Balaban J connectivity index is 1.70. The van der Waals surface area contributed by atoms with E-state index in [1.54, 1.807) is 49.6 Å². The number of ether oxygens (including phenoxy) is 2. The lowest BCUT2D eigenvalue weighted by atomic mass is 10.1. The number of ketones is 1. The van der Waals surface area contributed by atoms with E-state index >= 15 is 0 Å². The first kappa shape index (κ1) is 20.8. The highest BCUT2D eigenvalue weighted by atomic mass is 35.5. The van der Waals surface area contributed by atoms with E-state index in [2.05, 4.69) is 0 Å². The van der Waals surface area contributed by atoms with Gasteiger partial charge in [-0.1, -0.05) is 23.7 Å². The molecule has 1 aromatic heterocycles. The summed E-state index contributed by atoms with van der Waals surface area (Å²) in [5, 5.41) is 0.648. The molecular formula is C23H22ClNO4. The lowest BCUT2D eigenvalue weighted by Gasteiger charge is -2.10. The van der Waals surface area contributed by atoms with E-state index in [1.165, 1.54) is 0 Å². The molecule has 29 heavy (non-hydrogen) atoms. The molecule has 3 aromatic rings. The van der Waals surface area contributed by atoms with Crippen LogP contribution in [0.3, 0.4) is 0 Å². The van der Waals surface area contributed by atoms with Gasteiger partial charge in [0.1, 0.15) is 0 Å². The number of hydrogen-bond donors (Lipinski definition) is 0. The minimum Gasteiger partial charge on any atom is -0.454 e. The number of Topliss-reactive ketones (excluding diaryl/α,β-unsaturated/α-hetero) is 1. The van der Waals surface area contributed by atoms with Gasteiger partial charge in [0.2, 0.25) is 5.78 Å². The summed E-state index contributed by atoms with van der Waals surface area (Å²) in [5.41, 5.74) is 4.49. The Labute approximate surface area is 174 Å². The largest absolute Gasteiger partial charge is 0.454 e. The molecule has 0 spiro atoms. The standard InChI is InChI=1S/C23H22ClNO4/c1-15-12-21(16(2)25(15)20-10-8-19(24)9-11-20)22(26)14-29-23(27)18-6-4-17(5-7-18)13-28-3/h4-12H,13-14H2,1-3H3. The Kier molecular flexibility index (Phi) is 6.52. The monoisotopic (exact) mass is 411 g/mol. The predicted octanol–water partition coefficient (Wildman–Crippen LogP) is 4.93. The molecule has 0 atom stereocenters. The molecule has 2 aromatic carbocycles. The van der Waals surface area contributed by atoms with Gasteiger partial charge in [0.25, 0.3) is 0 Å². The molecule has 0 unspecified atom stereocenters. The Bertz CT molecular complexity index is 1020. The van der Waals surface area contributed by atoms with Crippen molar-refractivity contribution in [3.05, 3.63) is 87.7 Å². The first-order valence-electron chi connectivity index (χ1n) is 9.13. The summed E-state index contributed by atoms with van der Waals surface area (Å²) < 4.78 is 12.2. The highest BCUT2D eigenvalue weighted by molar-refractivity contribution is 6.30. The van der Waals surface area contributed by atoms with E-state index in [0.717, 1.165) is 22.6 Å². The van der Waals surface area contributed by atoms with Crippen LogP contribution in [-0.2, 0) is 16.1 Å². The number of halogens is 1. The van der Waals surface area contributed by atoms with Crippen LogP contribution in [0.15, 0.2) is 54.6 Å². The fourth-order valence-electron chi connectivity index (χ4n) is 3.23. The third-order valence-electron chi connectivity index (χ3n) is 4.65. The second-order valence-electron chi connectivity index (χ2n) is 6.73. The van der Waals surface area contributed by atoms with Crippen LogP contribution in [0, 0.1) is 13.8 Å². The first-order valence-corrected chi connectivity index (χ1v) is 9.51. The number of methoxy groups -OCH3 is 1. The molecule has 0 saturated heterocycles. The summed E-state index contributed by atoms with van der Waals surface area (Å²) in [7, 11) is 1.61. The van der Waals surface area contributed by atoms with E-state index in [-0.39, 0.29) is 12.4 Å². The average molecular weight is 412 g/mol. The maximum Gasteiger partial charge on any atom is 0.338 e. The number of carbonyl (C=O) groups is 2. The average Bonchev–Trinajstić information content (AvgIpc) is 3.01. The number of aromatic nitrogens is 1. The van der Waals surface area contributed by atoms with Gasteiger partial charge in [0.15, 0.2) is 6.61 Å². The molecule has 6 heteroatoms. The van der Waals surface area contributed by atoms with Gasteiger partial charge in [0.05, 0.1) is 12.2 Å². The number of aryl methyl sites for hydroxylation is 1. The van der Waals surface area contributed by atoms with Crippen molar-refractivity contribution in [2.45, 2.75) is 20.5 Å². The second kappa shape index (κ2) is 9.07. The molecule has 0 aliphatic rings.